The highest BCUT2D eigenvalue weighted by molar-refractivity contribution is 5.91. The van der Waals surface area contributed by atoms with Crippen molar-refractivity contribution in [2.75, 3.05) is 26.2 Å². The predicted molar refractivity (Wildman–Crippen MR) is 71.6 cm³/mol. The Morgan fingerprint density at radius 2 is 2.11 bits per heavy atom. The highest BCUT2D eigenvalue weighted by atomic mass is 16.6. The van der Waals surface area contributed by atoms with Gasteiger partial charge < -0.3 is 10.2 Å². The van der Waals surface area contributed by atoms with Gasteiger partial charge in [0.15, 0.2) is 0 Å². The molecule has 6 heteroatoms. The van der Waals surface area contributed by atoms with Crippen molar-refractivity contribution in [1.82, 2.24) is 10.2 Å². The second-order valence-electron chi connectivity index (χ2n) is 4.26. The van der Waals surface area contributed by atoms with Gasteiger partial charge in [0.05, 0.1) is 4.92 Å². The van der Waals surface area contributed by atoms with E-state index in [1.807, 2.05) is 0 Å². The Morgan fingerprint density at radius 1 is 1.37 bits per heavy atom. The SMILES string of the molecule is O=C(/C=C/c1cccc([N+](=O)[O-])c1)N1CCNCC1. The van der Waals surface area contributed by atoms with E-state index >= 15 is 0 Å². The first kappa shape index (κ1) is 13.2. The van der Waals surface area contributed by atoms with Crippen LogP contribution in [-0.4, -0.2) is 41.9 Å². The van der Waals surface area contributed by atoms with Crippen LogP contribution in [0.25, 0.3) is 6.08 Å². The lowest BCUT2D eigenvalue weighted by Crippen LogP contribution is -2.45. The highest BCUT2D eigenvalue weighted by Crippen LogP contribution is 2.14. The van der Waals surface area contributed by atoms with Crippen LogP contribution < -0.4 is 5.32 Å². The van der Waals surface area contributed by atoms with Crippen LogP contribution in [0.5, 0.6) is 0 Å². The Morgan fingerprint density at radius 3 is 2.79 bits per heavy atom. The molecule has 0 atom stereocenters. The number of carbonyl (C=O) groups is 1. The molecule has 2 rings (SSSR count). The zero-order valence-electron chi connectivity index (χ0n) is 10.4. The molecule has 0 aromatic heterocycles. The van der Waals surface area contributed by atoms with Gasteiger partial charge in [0, 0.05) is 44.4 Å². The summed E-state index contributed by atoms with van der Waals surface area (Å²) in [5.41, 5.74) is 0.675. The molecule has 100 valence electrons. The molecule has 1 saturated heterocycles. The summed E-state index contributed by atoms with van der Waals surface area (Å²) in [5.74, 6) is -0.0620. The average molecular weight is 261 g/mol. The van der Waals surface area contributed by atoms with Crippen molar-refractivity contribution in [2.24, 2.45) is 0 Å². The van der Waals surface area contributed by atoms with Crippen molar-refractivity contribution in [1.29, 1.82) is 0 Å². The molecule has 1 aromatic rings. The van der Waals surface area contributed by atoms with Crippen LogP contribution in [-0.2, 0) is 4.79 Å². The van der Waals surface area contributed by atoms with Gasteiger partial charge in [0.1, 0.15) is 0 Å². The van der Waals surface area contributed by atoms with Gasteiger partial charge in [-0.3, -0.25) is 14.9 Å². The summed E-state index contributed by atoms with van der Waals surface area (Å²) in [7, 11) is 0. The lowest BCUT2D eigenvalue weighted by Gasteiger charge is -2.26. The maximum Gasteiger partial charge on any atom is 0.270 e. The van der Waals surface area contributed by atoms with Crippen LogP contribution in [0.2, 0.25) is 0 Å². The number of benzene rings is 1. The number of hydrogen-bond donors (Lipinski definition) is 1. The summed E-state index contributed by atoms with van der Waals surface area (Å²) >= 11 is 0. The first-order chi connectivity index (χ1) is 9.16. The third kappa shape index (κ3) is 3.62. The first-order valence-corrected chi connectivity index (χ1v) is 6.09. The second kappa shape index (κ2) is 6.10. The third-order valence-corrected chi connectivity index (χ3v) is 2.93. The minimum absolute atomic E-state index is 0.0248. The Kier molecular flexibility index (Phi) is 4.25. The normalized spacial score (nSPS) is 15.7. The second-order valence-corrected chi connectivity index (χ2v) is 4.26. The molecule has 1 fully saturated rings. The maximum atomic E-state index is 11.9. The molecule has 19 heavy (non-hydrogen) atoms. The van der Waals surface area contributed by atoms with E-state index in [4.69, 9.17) is 0 Å². The van der Waals surface area contributed by atoms with E-state index < -0.39 is 4.92 Å². The number of amides is 1. The third-order valence-electron chi connectivity index (χ3n) is 2.93. The number of nitrogens with zero attached hydrogens (tertiary/aromatic N) is 2. The molecule has 1 aliphatic heterocycles. The molecule has 0 bridgehead atoms. The molecule has 1 N–H and O–H groups in total. The van der Waals surface area contributed by atoms with Gasteiger partial charge in [-0.1, -0.05) is 12.1 Å². The molecule has 6 nitrogen and oxygen atoms in total. The molecule has 1 aromatic carbocycles. The van der Waals surface area contributed by atoms with E-state index in [1.54, 1.807) is 23.1 Å². The minimum atomic E-state index is -0.449. The van der Waals surface area contributed by atoms with E-state index in [9.17, 15) is 14.9 Å². The van der Waals surface area contributed by atoms with Crippen LogP contribution in [0.1, 0.15) is 5.56 Å². The number of carbonyl (C=O) groups excluding carboxylic acids is 1. The van der Waals surface area contributed by atoms with Gasteiger partial charge in [0.2, 0.25) is 5.91 Å². The number of rotatable bonds is 3. The summed E-state index contributed by atoms with van der Waals surface area (Å²) in [6.45, 7) is 2.99. The summed E-state index contributed by atoms with van der Waals surface area (Å²) in [6.07, 6.45) is 3.07. The van der Waals surface area contributed by atoms with Crippen LogP contribution in [0.3, 0.4) is 0 Å². The van der Waals surface area contributed by atoms with E-state index in [0.29, 0.717) is 18.7 Å². The zero-order valence-corrected chi connectivity index (χ0v) is 10.4. The van der Waals surface area contributed by atoms with E-state index in [1.165, 1.54) is 18.2 Å². The molecule has 0 aliphatic carbocycles. The molecule has 1 heterocycles. The number of non-ortho nitro benzene ring substituents is 1. The largest absolute Gasteiger partial charge is 0.337 e. The van der Waals surface area contributed by atoms with Crippen molar-refractivity contribution >= 4 is 17.7 Å². The summed E-state index contributed by atoms with van der Waals surface area (Å²) < 4.78 is 0. The minimum Gasteiger partial charge on any atom is -0.337 e. The number of nitrogens with one attached hydrogen (secondary N) is 1. The quantitative estimate of drug-likeness (QED) is 0.501. The van der Waals surface area contributed by atoms with E-state index in [0.717, 1.165) is 13.1 Å². The maximum absolute atomic E-state index is 11.9. The van der Waals surface area contributed by atoms with Gasteiger partial charge in [-0.2, -0.15) is 0 Å². The molecular formula is C13H15N3O3. The van der Waals surface area contributed by atoms with Crippen LogP contribution in [0.4, 0.5) is 5.69 Å². The van der Waals surface area contributed by atoms with Crippen molar-refractivity contribution in [3.05, 3.63) is 46.0 Å². The number of nitro benzene ring substituents is 1. The van der Waals surface area contributed by atoms with Gasteiger partial charge in [-0.05, 0) is 11.6 Å². The molecule has 1 amide bonds. The zero-order chi connectivity index (χ0) is 13.7. The van der Waals surface area contributed by atoms with Gasteiger partial charge in [-0.15, -0.1) is 0 Å². The standard InChI is InChI=1S/C13H15N3O3/c17-13(15-8-6-14-7-9-15)5-4-11-2-1-3-12(10-11)16(18)19/h1-5,10,14H,6-9H2/b5-4+. The van der Waals surface area contributed by atoms with Crippen LogP contribution >= 0.6 is 0 Å². The Labute approximate surface area is 110 Å². The van der Waals surface area contributed by atoms with E-state index in [2.05, 4.69) is 5.32 Å². The fourth-order valence-electron chi connectivity index (χ4n) is 1.90. The lowest BCUT2D eigenvalue weighted by atomic mass is 10.2. The van der Waals surface area contributed by atoms with Crippen molar-refractivity contribution in [3.8, 4) is 0 Å². The molecule has 1 aliphatic rings. The lowest BCUT2D eigenvalue weighted by molar-refractivity contribution is -0.384. The highest BCUT2D eigenvalue weighted by Gasteiger charge is 2.13. The Bertz CT molecular complexity index is 508. The molecular weight excluding hydrogens is 246 g/mol. The summed E-state index contributed by atoms with van der Waals surface area (Å²) in [4.78, 5) is 23.8. The monoisotopic (exact) mass is 261 g/mol. The number of hydrogen-bond acceptors (Lipinski definition) is 4. The topological polar surface area (TPSA) is 75.5 Å². The summed E-state index contributed by atoms with van der Waals surface area (Å²) in [5, 5.41) is 13.8. The molecule has 0 spiro atoms. The fraction of sp³-hybridized carbons (Fsp3) is 0.308. The van der Waals surface area contributed by atoms with Gasteiger partial charge in [-0.25, -0.2) is 0 Å². The van der Waals surface area contributed by atoms with Crippen molar-refractivity contribution < 1.29 is 9.72 Å². The Hall–Kier alpha value is -2.21. The smallest absolute Gasteiger partial charge is 0.270 e. The van der Waals surface area contributed by atoms with Gasteiger partial charge in [0.25, 0.3) is 5.69 Å². The Balaban J connectivity index is 2.03. The number of piperazine rings is 1. The van der Waals surface area contributed by atoms with E-state index in [-0.39, 0.29) is 11.6 Å². The van der Waals surface area contributed by atoms with Crippen LogP contribution in [0.15, 0.2) is 30.3 Å². The van der Waals surface area contributed by atoms with Crippen molar-refractivity contribution in [2.45, 2.75) is 0 Å². The number of nitro groups is 1. The first-order valence-electron chi connectivity index (χ1n) is 6.09. The van der Waals surface area contributed by atoms with Crippen LogP contribution in [0, 0.1) is 10.1 Å². The van der Waals surface area contributed by atoms with Gasteiger partial charge >= 0.3 is 0 Å². The average Bonchev–Trinajstić information content (AvgIpc) is 2.46. The summed E-state index contributed by atoms with van der Waals surface area (Å²) in [6, 6.07) is 6.21. The predicted octanol–water partition coefficient (Wildman–Crippen LogP) is 1.04. The molecule has 0 radical (unpaired) electrons. The van der Waals surface area contributed by atoms with Crippen molar-refractivity contribution in [3.63, 3.8) is 0 Å². The fourth-order valence-corrected chi connectivity index (χ4v) is 1.90. The molecule has 0 saturated carbocycles. The molecule has 0 unspecified atom stereocenters.